The maximum absolute atomic E-state index is 4.44. The summed E-state index contributed by atoms with van der Waals surface area (Å²) in [6, 6.07) is 0. The molecule has 0 radical (unpaired) electrons. The quantitative estimate of drug-likeness (QED) is 0.847. The van der Waals surface area contributed by atoms with Crippen molar-refractivity contribution in [1.82, 2.24) is 19.7 Å². The average Bonchev–Trinajstić information content (AvgIpc) is 2.81. The second kappa shape index (κ2) is 6.36. The van der Waals surface area contributed by atoms with E-state index in [1.54, 1.807) is 6.33 Å². The van der Waals surface area contributed by atoms with Crippen molar-refractivity contribution in [3.05, 3.63) is 23.8 Å². The first-order chi connectivity index (χ1) is 9.69. The summed E-state index contributed by atoms with van der Waals surface area (Å²) in [5, 5.41) is 11.0. The summed E-state index contributed by atoms with van der Waals surface area (Å²) in [6.45, 7) is 4.25. The predicted octanol–water partition coefficient (Wildman–Crippen LogP) is 2.51. The molecule has 0 saturated carbocycles. The SMILES string of the molecule is CCCc1c(NC)ncnc1Nc1cn(C)nc1CC. The van der Waals surface area contributed by atoms with Crippen molar-refractivity contribution in [2.45, 2.75) is 33.1 Å². The lowest BCUT2D eigenvalue weighted by atomic mass is 10.1. The van der Waals surface area contributed by atoms with Gasteiger partial charge in [0.2, 0.25) is 0 Å². The van der Waals surface area contributed by atoms with Crippen LogP contribution in [-0.2, 0) is 19.9 Å². The molecular formula is C14H22N6. The Bertz CT molecular complexity index is 575. The molecule has 0 bridgehead atoms. The molecule has 2 rings (SSSR count). The van der Waals surface area contributed by atoms with Gasteiger partial charge in [0.1, 0.15) is 18.0 Å². The van der Waals surface area contributed by atoms with Gasteiger partial charge in [0.15, 0.2) is 0 Å². The third-order valence-electron chi connectivity index (χ3n) is 3.18. The summed E-state index contributed by atoms with van der Waals surface area (Å²) in [5.41, 5.74) is 3.16. The van der Waals surface area contributed by atoms with Crippen LogP contribution in [0.5, 0.6) is 0 Å². The van der Waals surface area contributed by atoms with E-state index in [1.807, 2.05) is 25.0 Å². The second-order valence-corrected chi connectivity index (χ2v) is 4.69. The molecule has 0 aliphatic heterocycles. The van der Waals surface area contributed by atoms with Gasteiger partial charge in [-0.1, -0.05) is 20.3 Å². The maximum Gasteiger partial charge on any atom is 0.139 e. The monoisotopic (exact) mass is 274 g/mol. The first kappa shape index (κ1) is 14.3. The molecule has 108 valence electrons. The zero-order valence-electron chi connectivity index (χ0n) is 12.6. The number of hydrogen-bond acceptors (Lipinski definition) is 5. The van der Waals surface area contributed by atoms with E-state index in [9.17, 15) is 0 Å². The lowest BCUT2D eigenvalue weighted by molar-refractivity contribution is 0.746. The number of aromatic nitrogens is 4. The Hall–Kier alpha value is -2.11. The summed E-state index contributed by atoms with van der Waals surface area (Å²) in [6.07, 6.45) is 6.42. The van der Waals surface area contributed by atoms with Gasteiger partial charge in [-0.2, -0.15) is 5.10 Å². The fourth-order valence-electron chi connectivity index (χ4n) is 2.25. The van der Waals surface area contributed by atoms with Crippen molar-refractivity contribution >= 4 is 17.3 Å². The molecule has 0 spiro atoms. The van der Waals surface area contributed by atoms with Crippen molar-refractivity contribution in [1.29, 1.82) is 0 Å². The van der Waals surface area contributed by atoms with Crippen LogP contribution in [0.2, 0.25) is 0 Å². The first-order valence-electron chi connectivity index (χ1n) is 7.00. The molecule has 0 aliphatic rings. The molecule has 2 aromatic heterocycles. The van der Waals surface area contributed by atoms with E-state index >= 15 is 0 Å². The minimum Gasteiger partial charge on any atom is -0.373 e. The van der Waals surface area contributed by atoms with Gasteiger partial charge < -0.3 is 10.6 Å². The van der Waals surface area contributed by atoms with Crippen LogP contribution in [0, 0.1) is 0 Å². The summed E-state index contributed by atoms with van der Waals surface area (Å²) in [7, 11) is 3.81. The molecule has 2 aromatic rings. The Morgan fingerprint density at radius 1 is 1.20 bits per heavy atom. The lowest BCUT2D eigenvalue weighted by Crippen LogP contribution is -2.06. The van der Waals surface area contributed by atoms with E-state index in [0.29, 0.717) is 0 Å². The summed E-state index contributed by atoms with van der Waals surface area (Å²) >= 11 is 0. The molecule has 20 heavy (non-hydrogen) atoms. The molecule has 0 aromatic carbocycles. The number of nitrogens with zero attached hydrogens (tertiary/aromatic N) is 4. The zero-order valence-corrected chi connectivity index (χ0v) is 12.6. The smallest absolute Gasteiger partial charge is 0.139 e. The molecular weight excluding hydrogens is 252 g/mol. The first-order valence-corrected chi connectivity index (χ1v) is 7.00. The van der Waals surface area contributed by atoms with Crippen LogP contribution in [-0.4, -0.2) is 26.8 Å². The molecule has 2 heterocycles. The van der Waals surface area contributed by atoms with Crippen LogP contribution in [0.1, 0.15) is 31.5 Å². The van der Waals surface area contributed by atoms with Crippen molar-refractivity contribution in [3.8, 4) is 0 Å². The summed E-state index contributed by atoms with van der Waals surface area (Å²) in [4.78, 5) is 8.67. The van der Waals surface area contributed by atoms with Crippen LogP contribution >= 0.6 is 0 Å². The average molecular weight is 274 g/mol. The van der Waals surface area contributed by atoms with E-state index in [1.165, 1.54) is 0 Å². The van der Waals surface area contributed by atoms with Gasteiger partial charge in [0.05, 0.1) is 11.4 Å². The fraction of sp³-hybridized carbons (Fsp3) is 0.500. The van der Waals surface area contributed by atoms with E-state index in [0.717, 1.165) is 47.8 Å². The molecule has 0 aliphatic carbocycles. The van der Waals surface area contributed by atoms with Crippen molar-refractivity contribution < 1.29 is 0 Å². The van der Waals surface area contributed by atoms with Gasteiger partial charge in [0.25, 0.3) is 0 Å². The third-order valence-corrected chi connectivity index (χ3v) is 3.18. The highest BCUT2D eigenvalue weighted by atomic mass is 15.3. The topological polar surface area (TPSA) is 67.7 Å². The minimum atomic E-state index is 0.855. The molecule has 0 unspecified atom stereocenters. The Morgan fingerprint density at radius 2 is 1.95 bits per heavy atom. The van der Waals surface area contributed by atoms with Crippen LogP contribution in [0.25, 0.3) is 0 Å². The van der Waals surface area contributed by atoms with E-state index in [4.69, 9.17) is 0 Å². The van der Waals surface area contributed by atoms with Gasteiger partial charge in [-0.15, -0.1) is 0 Å². The third kappa shape index (κ3) is 2.89. The number of anilines is 3. The molecule has 0 amide bonds. The lowest BCUT2D eigenvalue weighted by Gasteiger charge is -2.13. The standard InChI is InChI=1S/C14H22N6/c1-5-7-10-13(15-3)16-9-17-14(10)18-12-8-20(4)19-11(12)6-2/h8-9H,5-7H2,1-4H3,(H2,15,16,17,18). The van der Waals surface area contributed by atoms with Crippen LogP contribution in [0.15, 0.2) is 12.5 Å². The molecule has 2 N–H and O–H groups in total. The Balaban J connectivity index is 2.37. The van der Waals surface area contributed by atoms with Gasteiger partial charge >= 0.3 is 0 Å². The Kier molecular flexibility index (Phi) is 4.55. The highest BCUT2D eigenvalue weighted by molar-refractivity contribution is 5.65. The number of aryl methyl sites for hydroxylation is 2. The van der Waals surface area contributed by atoms with Gasteiger partial charge in [-0.05, 0) is 12.8 Å². The molecule has 0 fully saturated rings. The largest absolute Gasteiger partial charge is 0.373 e. The molecule has 6 nitrogen and oxygen atoms in total. The summed E-state index contributed by atoms with van der Waals surface area (Å²) in [5.74, 6) is 1.74. The molecule has 0 saturated heterocycles. The molecule has 0 atom stereocenters. The fourth-order valence-corrected chi connectivity index (χ4v) is 2.25. The molecule has 6 heteroatoms. The Morgan fingerprint density at radius 3 is 2.60 bits per heavy atom. The van der Waals surface area contributed by atoms with Gasteiger partial charge in [0, 0.05) is 25.9 Å². The highest BCUT2D eigenvalue weighted by Crippen LogP contribution is 2.26. The number of hydrogen-bond donors (Lipinski definition) is 2. The van der Waals surface area contributed by atoms with Crippen molar-refractivity contribution in [3.63, 3.8) is 0 Å². The van der Waals surface area contributed by atoms with E-state index < -0.39 is 0 Å². The van der Waals surface area contributed by atoms with E-state index in [-0.39, 0.29) is 0 Å². The maximum atomic E-state index is 4.44. The van der Waals surface area contributed by atoms with Crippen molar-refractivity contribution in [2.24, 2.45) is 7.05 Å². The van der Waals surface area contributed by atoms with Crippen LogP contribution < -0.4 is 10.6 Å². The zero-order chi connectivity index (χ0) is 14.5. The van der Waals surface area contributed by atoms with Crippen LogP contribution in [0.3, 0.4) is 0 Å². The second-order valence-electron chi connectivity index (χ2n) is 4.69. The van der Waals surface area contributed by atoms with Gasteiger partial charge in [-0.25, -0.2) is 9.97 Å². The minimum absolute atomic E-state index is 0.855. The van der Waals surface area contributed by atoms with E-state index in [2.05, 4.69) is 39.5 Å². The normalized spacial score (nSPS) is 10.6. The van der Waals surface area contributed by atoms with Gasteiger partial charge in [-0.3, -0.25) is 4.68 Å². The summed E-state index contributed by atoms with van der Waals surface area (Å²) < 4.78 is 1.82. The predicted molar refractivity (Wildman–Crippen MR) is 81.4 cm³/mol. The highest BCUT2D eigenvalue weighted by Gasteiger charge is 2.13. The Labute approximate surface area is 119 Å². The number of rotatable bonds is 6. The van der Waals surface area contributed by atoms with Crippen molar-refractivity contribution in [2.75, 3.05) is 17.7 Å². The number of nitrogens with one attached hydrogen (secondary N) is 2. The van der Waals surface area contributed by atoms with Crippen LogP contribution in [0.4, 0.5) is 17.3 Å².